The Hall–Kier alpha value is -1.02. The number of hydrogen-bond acceptors (Lipinski definition) is 2. The molecule has 0 bridgehead atoms. The molecule has 0 saturated carbocycles. The average Bonchev–Trinajstić information content (AvgIpc) is 2.30. The molecule has 1 aromatic carbocycles. The number of benzene rings is 1. The highest BCUT2D eigenvalue weighted by atomic mass is 15.1. The van der Waals surface area contributed by atoms with Crippen molar-refractivity contribution in [3.8, 4) is 0 Å². The van der Waals surface area contributed by atoms with Crippen molar-refractivity contribution < 1.29 is 0 Å². The lowest BCUT2D eigenvalue weighted by atomic mass is 10.2. The van der Waals surface area contributed by atoms with Crippen molar-refractivity contribution in [3.05, 3.63) is 30.3 Å². The first-order chi connectivity index (χ1) is 7.34. The number of para-hydroxylation sites is 1. The second-order valence-electron chi connectivity index (χ2n) is 3.92. The van der Waals surface area contributed by atoms with Gasteiger partial charge in [0.2, 0.25) is 0 Å². The molecule has 0 spiro atoms. The van der Waals surface area contributed by atoms with Crippen molar-refractivity contribution in [2.45, 2.75) is 19.3 Å². The lowest BCUT2D eigenvalue weighted by Gasteiger charge is -2.18. The van der Waals surface area contributed by atoms with Crippen LogP contribution in [0.5, 0.6) is 0 Å². The molecule has 0 atom stereocenters. The number of hydrogen-bond donors (Lipinski definition) is 1. The fraction of sp³-hybridized carbons (Fsp3) is 0.538. The lowest BCUT2D eigenvalue weighted by molar-refractivity contribution is 0.639. The van der Waals surface area contributed by atoms with Gasteiger partial charge in [-0.25, -0.2) is 0 Å². The Morgan fingerprint density at radius 2 is 1.80 bits per heavy atom. The molecule has 0 unspecified atom stereocenters. The number of unbranched alkanes of at least 4 members (excludes halogenated alkanes) is 2. The fourth-order valence-electron chi connectivity index (χ4n) is 1.64. The van der Waals surface area contributed by atoms with Gasteiger partial charge in [-0.05, 0) is 38.6 Å². The summed E-state index contributed by atoms with van der Waals surface area (Å²) in [6.45, 7) is 2.28. The minimum atomic E-state index is 1.13. The highest BCUT2D eigenvalue weighted by Crippen LogP contribution is 2.11. The number of nitrogens with one attached hydrogen (secondary N) is 1. The Morgan fingerprint density at radius 3 is 2.47 bits per heavy atom. The zero-order valence-electron chi connectivity index (χ0n) is 9.87. The molecular weight excluding hydrogens is 184 g/mol. The Balaban J connectivity index is 2.16. The average molecular weight is 206 g/mol. The highest BCUT2D eigenvalue weighted by molar-refractivity contribution is 5.44. The molecule has 1 N–H and O–H groups in total. The zero-order valence-corrected chi connectivity index (χ0v) is 9.87. The first-order valence-electron chi connectivity index (χ1n) is 5.75. The summed E-state index contributed by atoms with van der Waals surface area (Å²) in [6.07, 6.45) is 3.85. The normalized spacial score (nSPS) is 10.3. The van der Waals surface area contributed by atoms with E-state index in [1.54, 1.807) is 0 Å². The third kappa shape index (κ3) is 4.84. The maximum atomic E-state index is 3.17. The van der Waals surface area contributed by atoms with E-state index in [0.717, 1.165) is 13.1 Å². The van der Waals surface area contributed by atoms with Gasteiger partial charge < -0.3 is 10.2 Å². The molecule has 2 heteroatoms. The molecule has 1 aromatic rings. The quantitative estimate of drug-likeness (QED) is 0.690. The summed E-state index contributed by atoms with van der Waals surface area (Å²) in [7, 11) is 4.17. The molecular formula is C13H22N2. The summed E-state index contributed by atoms with van der Waals surface area (Å²) in [5.41, 5.74) is 1.31. The molecule has 0 saturated heterocycles. The molecule has 0 aliphatic carbocycles. The van der Waals surface area contributed by atoms with Gasteiger partial charge in [0.1, 0.15) is 0 Å². The molecule has 0 heterocycles. The summed E-state index contributed by atoms with van der Waals surface area (Å²) in [6, 6.07) is 10.6. The third-order valence-electron chi connectivity index (χ3n) is 2.62. The molecule has 0 aromatic heterocycles. The van der Waals surface area contributed by atoms with Gasteiger partial charge >= 0.3 is 0 Å². The van der Waals surface area contributed by atoms with Crippen molar-refractivity contribution >= 4 is 5.69 Å². The number of rotatable bonds is 7. The zero-order chi connectivity index (χ0) is 10.9. The summed E-state index contributed by atoms with van der Waals surface area (Å²) >= 11 is 0. The molecule has 0 radical (unpaired) electrons. The summed E-state index contributed by atoms with van der Waals surface area (Å²) in [5, 5.41) is 3.17. The van der Waals surface area contributed by atoms with Crippen LogP contribution in [0.2, 0.25) is 0 Å². The lowest BCUT2D eigenvalue weighted by Crippen LogP contribution is -2.18. The first kappa shape index (κ1) is 12.1. The van der Waals surface area contributed by atoms with Crippen molar-refractivity contribution in [1.29, 1.82) is 0 Å². The van der Waals surface area contributed by atoms with Crippen LogP contribution in [0.25, 0.3) is 0 Å². The second-order valence-corrected chi connectivity index (χ2v) is 3.92. The van der Waals surface area contributed by atoms with Crippen molar-refractivity contribution in [2.24, 2.45) is 0 Å². The standard InChI is InChI=1S/C13H22N2/c1-14-11-7-4-8-12-15(2)13-9-5-3-6-10-13/h3,5-6,9-10,14H,4,7-8,11-12H2,1-2H3. The Labute approximate surface area is 93.3 Å². The van der Waals surface area contributed by atoms with Crippen LogP contribution < -0.4 is 10.2 Å². The third-order valence-corrected chi connectivity index (χ3v) is 2.62. The molecule has 0 aliphatic rings. The topological polar surface area (TPSA) is 15.3 Å². The van der Waals surface area contributed by atoms with Crippen LogP contribution in [0.1, 0.15) is 19.3 Å². The summed E-state index contributed by atoms with van der Waals surface area (Å²) in [4.78, 5) is 2.32. The van der Waals surface area contributed by atoms with Crippen LogP contribution in [0.4, 0.5) is 5.69 Å². The molecule has 0 aliphatic heterocycles. The smallest absolute Gasteiger partial charge is 0.0363 e. The van der Waals surface area contributed by atoms with Gasteiger partial charge in [0.25, 0.3) is 0 Å². The Morgan fingerprint density at radius 1 is 1.07 bits per heavy atom. The van der Waals surface area contributed by atoms with Crippen LogP contribution in [0, 0.1) is 0 Å². The van der Waals surface area contributed by atoms with E-state index >= 15 is 0 Å². The van der Waals surface area contributed by atoms with Gasteiger partial charge in [-0.15, -0.1) is 0 Å². The van der Waals surface area contributed by atoms with E-state index in [9.17, 15) is 0 Å². The van der Waals surface area contributed by atoms with E-state index in [1.165, 1.54) is 24.9 Å². The maximum Gasteiger partial charge on any atom is 0.0363 e. The predicted octanol–water partition coefficient (Wildman–Crippen LogP) is 2.51. The van der Waals surface area contributed by atoms with E-state index < -0.39 is 0 Å². The minimum Gasteiger partial charge on any atom is -0.375 e. The van der Waals surface area contributed by atoms with E-state index in [0.29, 0.717) is 0 Å². The molecule has 1 rings (SSSR count). The van der Waals surface area contributed by atoms with Crippen molar-refractivity contribution in [1.82, 2.24) is 5.32 Å². The fourth-order valence-corrected chi connectivity index (χ4v) is 1.64. The van der Waals surface area contributed by atoms with Gasteiger partial charge in [-0.2, -0.15) is 0 Å². The van der Waals surface area contributed by atoms with Gasteiger partial charge in [-0.3, -0.25) is 0 Å². The highest BCUT2D eigenvalue weighted by Gasteiger charge is 1.98. The molecule has 15 heavy (non-hydrogen) atoms. The van der Waals surface area contributed by atoms with Crippen LogP contribution in [-0.4, -0.2) is 27.2 Å². The van der Waals surface area contributed by atoms with Crippen molar-refractivity contribution in [2.75, 3.05) is 32.1 Å². The van der Waals surface area contributed by atoms with Crippen LogP contribution in [-0.2, 0) is 0 Å². The van der Waals surface area contributed by atoms with Gasteiger partial charge in [0.15, 0.2) is 0 Å². The number of nitrogens with zero attached hydrogens (tertiary/aromatic N) is 1. The summed E-state index contributed by atoms with van der Waals surface area (Å²) in [5.74, 6) is 0. The number of anilines is 1. The second kappa shape index (κ2) is 7.30. The minimum absolute atomic E-state index is 1.13. The van der Waals surface area contributed by atoms with Gasteiger partial charge in [-0.1, -0.05) is 24.6 Å². The van der Waals surface area contributed by atoms with E-state index in [1.807, 2.05) is 7.05 Å². The van der Waals surface area contributed by atoms with Crippen LogP contribution in [0.15, 0.2) is 30.3 Å². The predicted molar refractivity (Wildman–Crippen MR) is 67.5 cm³/mol. The largest absolute Gasteiger partial charge is 0.375 e. The van der Waals surface area contributed by atoms with E-state index in [2.05, 4.69) is 47.6 Å². The molecule has 2 nitrogen and oxygen atoms in total. The summed E-state index contributed by atoms with van der Waals surface area (Å²) < 4.78 is 0. The van der Waals surface area contributed by atoms with Crippen molar-refractivity contribution in [3.63, 3.8) is 0 Å². The SMILES string of the molecule is CNCCCCCN(C)c1ccccc1. The molecule has 84 valence electrons. The van der Waals surface area contributed by atoms with E-state index in [-0.39, 0.29) is 0 Å². The van der Waals surface area contributed by atoms with Crippen LogP contribution in [0.3, 0.4) is 0 Å². The Bertz CT molecular complexity index is 246. The van der Waals surface area contributed by atoms with Gasteiger partial charge in [0.05, 0.1) is 0 Å². The van der Waals surface area contributed by atoms with Gasteiger partial charge in [0, 0.05) is 19.3 Å². The monoisotopic (exact) mass is 206 g/mol. The molecule has 0 amide bonds. The first-order valence-corrected chi connectivity index (χ1v) is 5.75. The van der Waals surface area contributed by atoms with E-state index in [4.69, 9.17) is 0 Å². The maximum absolute atomic E-state index is 3.17. The Kier molecular flexibility index (Phi) is 5.86. The molecule has 0 fully saturated rings. The van der Waals surface area contributed by atoms with Crippen LogP contribution >= 0.6 is 0 Å².